The summed E-state index contributed by atoms with van der Waals surface area (Å²) in [6.07, 6.45) is 2.56. The lowest BCUT2D eigenvalue weighted by Crippen LogP contribution is -2.03. The summed E-state index contributed by atoms with van der Waals surface area (Å²) in [7, 11) is 0. The van der Waals surface area contributed by atoms with E-state index in [-0.39, 0.29) is 11.9 Å². The van der Waals surface area contributed by atoms with E-state index in [1.54, 1.807) is 24.3 Å². The molecule has 23 heavy (non-hydrogen) atoms. The highest BCUT2D eigenvalue weighted by Gasteiger charge is 2.02. The molecule has 0 aliphatic heterocycles. The Labute approximate surface area is 135 Å². The normalized spacial score (nSPS) is 8.87. The first-order valence-corrected chi connectivity index (χ1v) is 6.88. The first-order valence-electron chi connectivity index (χ1n) is 6.88. The van der Waals surface area contributed by atoms with Gasteiger partial charge in [0.2, 0.25) is 0 Å². The minimum absolute atomic E-state index is 0.281. The molecular weight excluding hydrogens is 292 g/mol. The number of carbonyl (C=O) groups excluding carboxylic acids is 2. The molecule has 0 spiro atoms. The van der Waals surface area contributed by atoms with Gasteiger partial charge in [-0.2, -0.15) is 0 Å². The highest BCUT2D eigenvalue weighted by Crippen LogP contribution is 2.01. The summed E-state index contributed by atoms with van der Waals surface area (Å²) in [6.45, 7) is 6.58. The third kappa shape index (κ3) is 7.43. The van der Waals surface area contributed by atoms with E-state index in [0.717, 1.165) is 18.1 Å². The van der Waals surface area contributed by atoms with Crippen molar-refractivity contribution in [2.75, 3.05) is 0 Å². The molecule has 0 heterocycles. The van der Waals surface area contributed by atoms with Crippen molar-refractivity contribution in [1.82, 2.24) is 0 Å². The molecule has 0 bridgehead atoms. The van der Waals surface area contributed by atoms with Gasteiger partial charge in [0.15, 0.2) is 0 Å². The topological polar surface area (TPSA) is 52.6 Å². The van der Waals surface area contributed by atoms with Crippen LogP contribution in [0.1, 0.15) is 15.9 Å². The summed E-state index contributed by atoms with van der Waals surface area (Å²) in [5.74, 6) is -0.656. The number of benzene rings is 2. The summed E-state index contributed by atoms with van der Waals surface area (Å²) >= 11 is 0. The van der Waals surface area contributed by atoms with E-state index < -0.39 is 0 Å². The summed E-state index contributed by atoms with van der Waals surface area (Å²) < 4.78 is 9.12. The highest BCUT2D eigenvalue weighted by molar-refractivity contribution is 5.89. The van der Waals surface area contributed by atoms with E-state index in [2.05, 4.69) is 22.6 Å². The summed E-state index contributed by atoms with van der Waals surface area (Å²) in [4.78, 5) is 21.9. The van der Waals surface area contributed by atoms with E-state index in [1.165, 1.54) is 0 Å². The zero-order valence-corrected chi connectivity index (χ0v) is 12.7. The molecule has 2 aromatic rings. The average molecular weight is 310 g/mol. The van der Waals surface area contributed by atoms with Crippen LogP contribution in [0.4, 0.5) is 0 Å². The van der Waals surface area contributed by atoms with Crippen LogP contribution in [0.5, 0.6) is 0 Å². The molecule has 0 N–H and O–H groups in total. The molecular formula is C19H18O4. The van der Waals surface area contributed by atoms with Crippen LogP contribution in [0.15, 0.2) is 86.3 Å². The van der Waals surface area contributed by atoms with E-state index in [0.29, 0.717) is 12.0 Å². The molecule has 0 saturated carbocycles. The van der Waals surface area contributed by atoms with Gasteiger partial charge in [0.1, 0.15) is 0 Å². The SMILES string of the molecule is C=COC(=O)Cc1ccccc1.C=COC(=O)c1ccccc1. The summed E-state index contributed by atoms with van der Waals surface area (Å²) in [5, 5.41) is 0. The average Bonchev–Trinajstić information content (AvgIpc) is 2.57. The van der Waals surface area contributed by atoms with E-state index in [1.807, 2.05) is 36.4 Å². The quantitative estimate of drug-likeness (QED) is 0.621. The second-order valence-electron chi connectivity index (χ2n) is 4.26. The minimum Gasteiger partial charge on any atom is -0.435 e. The lowest BCUT2D eigenvalue weighted by atomic mass is 10.2. The molecule has 0 aromatic heterocycles. The minimum atomic E-state index is -0.374. The van der Waals surface area contributed by atoms with Crippen molar-refractivity contribution in [2.45, 2.75) is 6.42 Å². The Morgan fingerprint density at radius 1 is 0.826 bits per heavy atom. The van der Waals surface area contributed by atoms with Crippen molar-refractivity contribution in [2.24, 2.45) is 0 Å². The molecule has 0 saturated heterocycles. The van der Waals surface area contributed by atoms with Crippen LogP contribution in [0.2, 0.25) is 0 Å². The number of esters is 2. The van der Waals surface area contributed by atoms with Crippen LogP contribution in [-0.2, 0) is 20.7 Å². The zero-order chi connectivity index (χ0) is 16.9. The Bertz CT molecular complexity index is 633. The second-order valence-corrected chi connectivity index (χ2v) is 4.26. The molecule has 2 aromatic carbocycles. The van der Waals surface area contributed by atoms with Crippen LogP contribution in [0.25, 0.3) is 0 Å². The molecule has 0 atom stereocenters. The van der Waals surface area contributed by atoms with Crippen molar-refractivity contribution in [1.29, 1.82) is 0 Å². The Hall–Kier alpha value is -3.14. The Balaban J connectivity index is 0.000000231. The molecule has 0 aliphatic carbocycles. The van der Waals surface area contributed by atoms with Crippen LogP contribution in [-0.4, -0.2) is 11.9 Å². The molecule has 0 aliphatic rings. The largest absolute Gasteiger partial charge is 0.435 e. The maximum atomic E-state index is 11.0. The molecule has 0 unspecified atom stereocenters. The molecule has 2 rings (SSSR count). The third-order valence-corrected chi connectivity index (χ3v) is 2.61. The van der Waals surface area contributed by atoms with Gasteiger partial charge in [0.05, 0.1) is 24.5 Å². The van der Waals surface area contributed by atoms with E-state index >= 15 is 0 Å². The Morgan fingerprint density at radius 2 is 1.35 bits per heavy atom. The fourth-order valence-corrected chi connectivity index (χ4v) is 1.62. The third-order valence-electron chi connectivity index (χ3n) is 2.61. The van der Waals surface area contributed by atoms with Gasteiger partial charge in [0, 0.05) is 0 Å². The predicted octanol–water partition coefficient (Wildman–Crippen LogP) is 3.90. The second kappa shape index (κ2) is 10.6. The lowest BCUT2D eigenvalue weighted by molar-refractivity contribution is -0.137. The fourth-order valence-electron chi connectivity index (χ4n) is 1.62. The highest BCUT2D eigenvalue weighted by atomic mass is 16.5. The van der Waals surface area contributed by atoms with Crippen molar-refractivity contribution in [3.63, 3.8) is 0 Å². The number of carbonyl (C=O) groups is 2. The fraction of sp³-hybridized carbons (Fsp3) is 0.0526. The summed E-state index contributed by atoms with van der Waals surface area (Å²) in [6, 6.07) is 18.2. The first kappa shape index (κ1) is 17.9. The molecule has 0 fully saturated rings. The van der Waals surface area contributed by atoms with Crippen molar-refractivity contribution in [3.8, 4) is 0 Å². The van der Waals surface area contributed by atoms with Crippen molar-refractivity contribution >= 4 is 11.9 Å². The molecule has 0 radical (unpaired) electrons. The maximum absolute atomic E-state index is 11.0. The van der Waals surface area contributed by atoms with Gasteiger partial charge in [-0.1, -0.05) is 61.7 Å². The monoisotopic (exact) mass is 310 g/mol. The van der Waals surface area contributed by atoms with Crippen molar-refractivity contribution < 1.29 is 19.1 Å². The van der Waals surface area contributed by atoms with Gasteiger partial charge in [-0.3, -0.25) is 4.79 Å². The molecule has 4 nitrogen and oxygen atoms in total. The predicted molar refractivity (Wildman–Crippen MR) is 88.5 cm³/mol. The van der Waals surface area contributed by atoms with Crippen LogP contribution in [0, 0.1) is 0 Å². The molecule has 4 heteroatoms. The van der Waals surface area contributed by atoms with Crippen LogP contribution < -0.4 is 0 Å². The van der Waals surface area contributed by atoms with Crippen molar-refractivity contribution in [3.05, 3.63) is 97.5 Å². The Morgan fingerprint density at radius 3 is 1.87 bits per heavy atom. The molecule has 0 amide bonds. The van der Waals surface area contributed by atoms with Crippen LogP contribution >= 0.6 is 0 Å². The Kier molecular flexibility index (Phi) is 8.23. The maximum Gasteiger partial charge on any atom is 0.342 e. The van der Waals surface area contributed by atoms with Gasteiger partial charge in [0.25, 0.3) is 0 Å². The number of ether oxygens (including phenoxy) is 2. The smallest absolute Gasteiger partial charge is 0.342 e. The van der Waals surface area contributed by atoms with Crippen LogP contribution in [0.3, 0.4) is 0 Å². The zero-order valence-electron chi connectivity index (χ0n) is 12.7. The number of rotatable bonds is 5. The van der Waals surface area contributed by atoms with Gasteiger partial charge < -0.3 is 9.47 Å². The lowest BCUT2D eigenvalue weighted by Gasteiger charge is -1.98. The van der Waals surface area contributed by atoms with Gasteiger partial charge in [-0.05, 0) is 17.7 Å². The van der Waals surface area contributed by atoms with Gasteiger partial charge in [-0.15, -0.1) is 0 Å². The summed E-state index contributed by atoms with van der Waals surface area (Å²) in [5.41, 5.74) is 1.48. The number of hydrogen-bond donors (Lipinski definition) is 0. The standard InChI is InChI=1S/C10H10O2.C9H8O2/c1-2-12-10(11)8-9-6-4-3-5-7-9;1-2-11-9(10)8-6-4-3-5-7-8/h2-7H,1,8H2;2-7H,1H2. The van der Waals surface area contributed by atoms with Gasteiger partial charge >= 0.3 is 11.9 Å². The van der Waals surface area contributed by atoms with E-state index in [9.17, 15) is 9.59 Å². The van der Waals surface area contributed by atoms with Gasteiger partial charge in [-0.25, -0.2) is 4.79 Å². The first-order chi connectivity index (χ1) is 11.2. The number of hydrogen-bond acceptors (Lipinski definition) is 4. The molecule has 118 valence electrons. The van der Waals surface area contributed by atoms with E-state index in [4.69, 9.17) is 0 Å².